The second-order valence-corrected chi connectivity index (χ2v) is 4.54. The molecule has 4 heteroatoms. The Morgan fingerprint density at radius 1 is 1.54 bits per heavy atom. The lowest BCUT2D eigenvalue weighted by atomic mass is 10.2. The molecular formula is C9H7BrFNS. The van der Waals surface area contributed by atoms with Crippen molar-refractivity contribution in [1.82, 2.24) is 4.37 Å². The van der Waals surface area contributed by atoms with Gasteiger partial charge in [0.1, 0.15) is 6.17 Å². The third-order valence-corrected chi connectivity index (χ3v) is 3.15. The maximum absolute atomic E-state index is 13.0. The van der Waals surface area contributed by atoms with Crippen molar-refractivity contribution in [2.24, 2.45) is 0 Å². The van der Waals surface area contributed by atoms with E-state index in [1.807, 2.05) is 18.2 Å². The number of nitrogens with zero attached hydrogens (tertiary/aromatic N) is 1. The van der Waals surface area contributed by atoms with Crippen LogP contribution in [0.15, 0.2) is 22.7 Å². The van der Waals surface area contributed by atoms with Gasteiger partial charge < -0.3 is 0 Å². The molecule has 0 saturated heterocycles. The summed E-state index contributed by atoms with van der Waals surface area (Å²) in [6.07, 6.45) is -0.991. The first-order valence-electron chi connectivity index (χ1n) is 3.87. The molecule has 2 rings (SSSR count). The maximum atomic E-state index is 13.0. The van der Waals surface area contributed by atoms with Crippen LogP contribution in [0.3, 0.4) is 0 Å². The third kappa shape index (κ3) is 1.60. The minimum absolute atomic E-state index is 0.549. The molecule has 1 aromatic carbocycles. The van der Waals surface area contributed by atoms with Gasteiger partial charge in [-0.3, -0.25) is 0 Å². The molecule has 0 saturated carbocycles. The SMILES string of the molecule is CC(F)c1nsc2cc(Br)ccc12. The van der Waals surface area contributed by atoms with Gasteiger partial charge in [0.25, 0.3) is 0 Å². The number of halogens is 2. The van der Waals surface area contributed by atoms with E-state index in [1.165, 1.54) is 18.5 Å². The number of hydrogen-bond acceptors (Lipinski definition) is 2. The van der Waals surface area contributed by atoms with Gasteiger partial charge in [-0.1, -0.05) is 22.0 Å². The van der Waals surface area contributed by atoms with Crippen molar-refractivity contribution in [2.45, 2.75) is 13.1 Å². The smallest absolute Gasteiger partial charge is 0.141 e. The Morgan fingerprint density at radius 2 is 2.31 bits per heavy atom. The van der Waals surface area contributed by atoms with Gasteiger partial charge in [0.2, 0.25) is 0 Å². The van der Waals surface area contributed by atoms with E-state index >= 15 is 0 Å². The first kappa shape index (κ1) is 9.09. The van der Waals surface area contributed by atoms with E-state index in [2.05, 4.69) is 20.3 Å². The number of rotatable bonds is 1. The van der Waals surface area contributed by atoms with Crippen molar-refractivity contribution in [3.05, 3.63) is 28.4 Å². The molecular weight excluding hydrogens is 253 g/mol. The van der Waals surface area contributed by atoms with Crippen molar-refractivity contribution in [2.75, 3.05) is 0 Å². The second-order valence-electron chi connectivity index (χ2n) is 2.82. The van der Waals surface area contributed by atoms with Crippen LogP contribution < -0.4 is 0 Å². The van der Waals surface area contributed by atoms with Crippen LogP contribution in [0.5, 0.6) is 0 Å². The molecule has 0 N–H and O–H groups in total. The Morgan fingerprint density at radius 3 is 3.00 bits per heavy atom. The number of aromatic nitrogens is 1. The van der Waals surface area contributed by atoms with Gasteiger partial charge in [-0.05, 0) is 30.6 Å². The molecule has 0 spiro atoms. The van der Waals surface area contributed by atoms with Crippen LogP contribution in [0.25, 0.3) is 10.1 Å². The largest absolute Gasteiger partial charge is 0.241 e. The second kappa shape index (κ2) is 3.35. The summed E-state index contributed by atoms with van der Waals surface area (Å²) < 4.78 is 19.1. The summed E-state index contributed by atoms with van der Waals surface area (Å²) in [5.74, 6) is 0. The molecule has 1 aromatic heterocycles. The first-order valence-corrected chi connectivity index (χ1v) is 5.44. The predicted molar refractivity (Wildman–Crippen MR) is 56.8 cm³/mol. The van der Waals surface area contributed by atoms with Crippen LogP contribution in [-0.2, 0) is 0 Å². The van der Waals surface area contributed by atoms with Crippen LogP contribution in [-0.4, -0.2) is 4.37 Å². The van der Waals surface area contributed by atoms with Crippen molar-refractivity contribution in [1.29, 1.82) is 0 Å². The summed E-state index contributed by atoms with van der Waals surface area (Å²) in [5, 5.41) is 0.920. The van der Waals surface area contributed by atoms with Gasteiger partial charge in [-0.15, -0.1) is 0 Å². The molecule has 68 valence electrons. The first-order chi connectivity index (χ1) is 6.18. The average molecular weight is 260 g/mol. The number of alkyl halides is 1. The Balaban J connectivity index is 2.69. The summed E-state index contributed by atoms with van der Waals surface area (Å²) in [4.78, 5) is 0. The fourth-order valence-corrected chi connectivity index (χ4v) is 2.62. The highest BCUT2D eigenvalue weighted by Crippen LogP contribution is 2.30. The van der Waals surface area contributed by atoms with E-state index in [4.69, 9.17) is 0 Å². The quantitative estimate of drug-likeness (QED) is 0.752. The van der Waals surface area contributed by atoms with E-state index in [1.54, 1.807) is 0 Å². The zero-order chi connectivity index (χ0) is 9.42. The molecule has 0 aliphatic carbocycles. The van der Waals surface area contributed by atoms with Crippen molar-refractivity contribution in [3.63, 3.8) is 0 Å². The lowest BCUT2D eigenvalue weighted by molar-refractivity contribution is 0.370. The average Bonchev–Trinajstić information content (AvgIpc) is 2.46. The summed E-state index contributed by atoms with van der Waals surface area (Å²) in [6.45, 7) is 1.51. The lowest BCUT2D eigenvalue weighted by Crippen LogP contribution is -1.84. The molecule has 0 bridgehead atoms. The van der Waals surface area contributed by atoms with Crippen LogP contribution in [0.2, 0.25) is 0 Å². The molecule has 1 nitrogen and oxygen atoms in total. The molecule has 0 fully saturated rings. The molecule has 0 radical (unpaired) electrons. The van der Waals surface area contributed by atoms with Gasteiger partial charge in [-0.25, -0.2) is 4.39 Å². The van der Waals surface area contributed by atoms with Gasteiger partial charge in [0, 0.05) is 9.86 Å². The highest BCUT2D eigenvalue weighted by Gasteiger charge is 2.11. The molecule has 0 aliphatic rings. The molecule has 13 heavy (non-hydrogen) atoms. The van der Waals surface area contributed by atoms with Crippen LogP contribution >= 0.6 is 27.5 Å². The Labute approximate surface area is 87.9 Å². The monoisotopic (exact) mass is 259 g/mol. The topological polar surface area (TPSA) is 12.9 Å². The van der Waals surface area contributed by atoms with Gasteiger partial charge in [0.05, 0.1) is 10.4 Å². The van der Waals surface area contributed by atoms with E-state index in [-0.39, 0.29) is 0 Å². The van der Waals surface area contributed by atoms with Crippen LogP contribution in [0.1, 0.15) is 18.8 Å². The summed E-state index contributed by atoms with van der Waals surface area (Å²) in [7, 11) is 0. The van der Waals surface area contributed by atoms with E-state index in [0.717, 1.165) is 14.6 Å². The van der Waals surface area contributed by atoms with Gasteiger partial charge >= 0.3 is 0 Å². The van der Waals surface area contributed by atoms with Gasteiger partial charge in [-0.2, -0.15) is 4.37 Å². The maximum Gasteiger partial charge on any atom is 0.141 e. The van der Waals surface area contributed by atoms with Crippen molar-refractivity contribution < 1.29 is 4.39 Å². The highest BCUT2D eigenvalue weighted by atomic mass is 79.9. The minimum Gasteiger partial charge on any atom is -0.241 e. The number of hydrogen-bond donors (Lipinski definition) is 0. The summed E-state index contributed by atoms with van der Waals surface area (Å²) in [6, 6.07) is 5.76. The fraction of sp³-hybridized carbons (Fsp3) is 0.222. The Bertz CT molecular complexity index is 438. The zero-order valence-corrected chi connectivity index (χ0v) is 9.32. The third-order valence-electron chi connectivity index (χ3n) is 1.84. The minimum atomic E-state index is -0.991. The Hall–Kier alpha value is -0.480. The summed E-state index contributed by atoms with van der Waals surface area (Å²) in [5.41, 5.74) is 0.549. The lowest BCUT2D eigenvalue weighted by Gasteiger charge is -1.96. The highest BCUT2D eigenvalue weighted by molar-refractivity contribution is 9.10. The number of benzene rings is 1. The van der Waals surface area contributed by atoms with Crippen molar-refractivity contribution in [3.8, 4) is 0 Å². The Kier molecular flexibility index (Phi) is 2.34. The van der Waals surface area contributed by atoms with Crippen LogP contribution in [0, 0.1) is 0 Å². The summed E-state index contributed by atoms with van der Waals surface area (Å²) >= 11 is 4.70. The van der Waals surface area contributed by atoms with E-state index in [0.29, 0.717) is 5.69 Å². The predicted octanol–water partition coefficient (Wildman–Crippen LogP) is 4.09. The molecule has 1 atom stereocenters. The molecule has 0 aliphatic heterocycles. The van der Waals surface area contributed by atoms with Gasteiger partial charge in [0.15, 0.2) is 0 Å². The van der Waals surface area contributed by atoms with E-state index < -0.39 is 6.17 Å². The normalized spacial score (nSPS) is 13.5. The van der Waals surface area contributed by atoms with E-state index in [9.17, 15) is 4.39 Å². The van der Waals surface area contributed by atoms with Crippen LogP contribution in [0.4, 0.5) is 4.39 Å². The molecule has 1 unspecified atom stereocenters. The fourth-order valence-electron chi connectivity index (χ4n) is 1.22. The zero-order valence-electron chi connectivity index (χ0n) is 6.92. The molecule has 2 aromatic rings. The number of fused-ring (bicyclic) bond motifs is 1. The standard InChI is InChI=1S/C9H7BrFNS/c1-5(11)9-7-3-2-6(10)4-8(7)13-12-9/h2-5H,1H3. The van der Waals surface area contributed by atoms with Crippen molar-refractivity contribution >= 4 is 37.5 Å². The molecule has 1 heterocycles. The molecule has 0 amide bonds.